The molecule has 0 aliphatic heterocycles. The number of carbonyl (C=O) groups excluding carboxylic acids is 1. The van der Waals surface area contributed by atoms with E-state index in [-0.39, 0.29) is 5.78 Å². The molecule has 2 aromatic rings. The molecule has 1 aromatic heterocycles. The van der Waals surface area contributed by atoms with E-state index in [1.54, 1.807) is 23.9 Å². The zero-order valence-corrected chi connectivity index (χ0v) is 9.84. The first kappa shape index (κ1) is 12.2. The number of ketones is 1. The molecule has 0 atom stereocenters. The third kappa shape index (κ3) is 2.79. The quantitative estimate of drug-likeness (QED) is 0.723. The van der Waals surface area contributed by atoms with Crippen LogP contribution in [-0.4, -0.2) is 15.6 Å². The largest absolute Gasteiger partial charge is 0.295 e. The topological polar surface area (TPSA) is 34.9 Å². The second-order valence-corrected chi connectivity index (χ2v) is 3.06. The molecular weight excluding hydrogens is 200 g/mol. The molecular formula is C13H16N2O. The van der Waals surface area contributed by atoms with Crippen molar-refractivity contribution < 1.29 is 4.79 Å². The lowest BCUT2D eigenvalue weighted by Gasteiger charge is -2.02. The Labute approximate surface area is 95.7 Å². The molecule has 0 N–H and O–H groups in total. The number of hydrogen-bond acceptors (Lipinski definition) is 2. The third-order valence-corrected chi connectivity index (χ3v) is 2.02. The molecule has 0 radical (unpaired) electrons. The highest BCUT2D eigenvalue weighted by Crippen LogP contribution is 2.09. The van der Waals surface area contributed by atoms with E-state index in [1.165, 1.54) is 0 Å². The van der Waals surface area contributed by atoms with Gasteiger partial charge in [-0.1, -0.05) is 26.0 Å². The summed E-state index contributed by atoms with van der Waals surface area (Å²) < 4.78 is 1.73. The van der Waals surface area contributed by atoms with E-state index in [4.69, 9.17) is 0 Å². The number of rotatable bonds is 2. The maximum absolute atomic E-state index is 11.1. The molecule has 3 nitrogen and oxygen atoms in total. The normalized spacial score (nSPS) is 9.19. The molecule has 1 heterocycles. The SMILES string of the molecule is CC.CC(=O)c1cccc(-n2cccn2)c1. The second kappa shape index (κ2) is 5.85. The van der Waals surface area contributed by atoms with Gasteiger partial charge in [0.1, 0.15) is 0 Å². The molecule has 0 aliphatic rings. The fourth-order valence-electron chi connectivity index (χ4n) is 1.29. The minimum atomic E-state index is 0.0685. The van der Waals surface area contributed by atoms with Crippen LogP contribution in [0.3, 0.4) is 0 Å². The summed E-state index contributed by atoms with van der Waals surface area (Å²) in [6.45, 7) is 5.56. The minimum absolute atomic E-state index is 0.0685. The molecule has 0 unspecified atom stereocenters. The Morgan fingerprint density at radius 3 is 2.56 bits per heavy atom. The zero-order chi connectivity index (χ0) is 12.0. The number of aromatic nitrogens is 2. The highest BCUT2D eigenvalue weighted by molar-refractivity contribution is 5.94. The zero-order valence-electron chi connectivity index (χ0n) is 9.84. The lowest BCUT2D eigenvalue weighted by Crippen LogP contribution is -1.97. The molecule has 2 rings (SSSR count). The Morgan fingerprint density at radius 1 is 1.25 bits per heavy atom. The Bertz CT molecular complexity index is 447. The summed E-state index contributed by atoms with van der Waals surface area (Å²) in [7, 11) is 0. The summed E-state index contributed by atoms with van der Waals surface area (Å²) in [6, 6.07) is 9.25. The van der Waals surface area contributed by atoms with Crippen LogP contribution < -0.4 is 0 Å². The summed E-state index contributed by atoms with van der Waals surface area (Å²) in [4.78, 5) is 11.1. The smallest absolute Gasteiger partial charge is 0.159 e. The van der Waals surface area contributed by atoms with Crippen molar-refractivity contribution in [1.29, 1.82) is 0 Å². The van der Waals surface area contributed by atoms with E-state index in [0.717, 1.165) is 5.69 Å². The maximum Gasteiger partial charge on any atom is 0.159 e. The maximum atomic E-state index is 11.1. The van der Waals surface area contributed by atoms with Gasteiger partial charge < -0.3 is 0 Å². The Hall–Kier alpha value is -1.90. The molecule has 3 heteroatoms. The van der Waals surface area contributed by atoms with Gasteiger partial charge >= 0.3 is 0 Å². The van der Waals surface area contributed by atoms with Crippen LogP contribution in [-0.2, 0) is 0 Å². The van der Waals surface area contributed by atoms with Gasteiger partial charge in [-0.2, -0.15) is 5.10 Å². The average molecular weight is 216 g/mol. The van der Waals surface area contributed by atoms with E-state index < -0.39 is 0 Å². The lowest BCUT2D eigenvalue weighted by atomic mass is 10.1. The monoisotopic (exact) mass is 216 g/mol. The minimum Gasteiger partial charge on any atom is -0.295 e. The van der Waals surface area contributed by atoms with Crippen molar-refractivity contribution >= 4 is 5.78 Å². The van der Waals surface area contributed by atoms with E-state index in [0.29, 0.717) is 5.56 Å². The van der Waals surface area contributed by atoms with Crippen molar-refractivity contribution in [2.45, 2.75) is 20.8 Å². The summed E-state index contributed by atoms with van der Waals surface area (Å²) in [5, 5.41) is 4.09. The van der Waals surface area contributed by atoms with Crippen molar-refractivity contribution in [1.82, 2.24) is 9.78 Å². The van der Waals surface area contributed by atoms with Crippen LogP contribution in [0, 0.1) is 0 Å². The second-order valence-electron chi connectivity index (χ2n) is 3.06. The van der Waals surface area contributed by atoms with Gasteiger partial charge in [-0.3, -0.25) is 4.79 Å². The van der Waals surface area contributed by atoms with Gasteiger partial charge in [-0.05, 0) is 25.1 Å². The van der Waals surface area contributed by atoms with Crippen LogP contribution in [0.25, 0.3) is 5.69 Å². The Morgan fingerprint density at radius 2 is 2.00 bits per heavy atom. The molecule has 0 spiro atoms. The van der Waals surface area contributed by atoms with E-state index >= 15 is 0 Å². The van der Waals surface area contributed by atoms with Gasteiger partial charge in [0.05, 0.1) is 5.69 Å². The summed E-state index contributed by atoms with van der Waals surface area (Å²) in [5.41, 5.74) is 1.61. The highest BCUT2D eigenvalue weighted by Gasteiger charge is 2.01. The van der Waals surface area contributed by atoms with Crippen LogP contribution in [0.5, 0.6) is 0 Å². The van der Waals surface area contributed by atoms with Crippen molar-refractivity contribution in [3.63, 3.8) is 0 Å². The first-order valence-electron chi connectivity index (χ1n) is 5.38. The van der Waals surface area contributed by atoms with Crippen LogP contribution in [0.15, 0.2) is 42.7 Å². The van der Waals surface area contributed by atoms with Crippen molar-refractivity contribution in [2.75, 3.05) is 0 Å². The molecule has 0 amide bonds. The van der Waals surface area contributed by atoms with Gasteiger partial charge in [-0.15, -0.1) is 0 Å². The molecule has 0 aliphatic carbocycles. The number of Topliss-reactive ketones (excluding diaryl/α,β-unsaturated/α-hetero) is 1. The summed E-state index contributed by atoms with van der Waals surface area (Å²) >= 11 is 0. The van der Waals surface area contributed by atoms with Crippen LogP contribution in [0.2, 0.25) is 0 Å². The third-order valence-electron chi connectivity index (χ3n) is 2.02. The van der Waals surface area contributed by atoms with Crippen LogP contribution in [0.1, 0.15) is 31.1 Å². The number of nitrogens with zero attached hydrogens (tertiary/aromatic N) is 2. The molecule has 16 heavy (non-hydrogen) atoms. The molecule has 0 saturated carbocycles. The molecule has 0 saturated heterocycles. The van der Waals surface area contributed by atoms with Gasteiger partial charge in [0, 0.05) is 18.0 Å². The van der Waals surface area contributed by atoms with E-state index in [2.05, 4.69) is 5.10 Å². The first-order valence-corrected chi connectivity index (χ1v) is 5.38. The fraction of sp³-hybridized carbons (Fsp3) is 0.231. The van der Waals surface area contributed by atoms with Gasteiger partial charge in [0.25, 0.3) is 0 Å². The Balaban J connectivity index is 0.000000606. The standard InChI is InChI=1S/C11H10N2O.C2H6/c1-9(14)10-4-2-5-11(8-10)13-7-3-6-12-13;1-2/h2-8H,1H3;1-2H3. The van der Waals surface area contributed by atoms with Crippen molar-refractivity contribution in [2.24, 2.45) is 0 Å². The number of benzene rings is 1. The lowest BCUT2D eigenvalue weighted by molar-refractivity contribution is 0.101. The fourth-order valence-corrected chi connectivity index (χ4v) is 1.29. The van der Waals surface area contributed by atoms with Crippen molar-refractivity contribution in [3.05, 3.63) is 48.3 Å². The molecule has 84 valence electrons. The summed E-state index contributed by atoms with van der Waals surface area (Å²) in [5.74, 6) is 0.0685. The van der Waals surface area contributed by atoms with Gasteiger partial charge in [-0.25, -0.2) is 4.68 Å². The molecule has 1 aromatic carbocycles. The Kier molecular flexibility index (Phi) is 4.45. The number of carbonyl (C=O) groups is 1. The molecule has 0 fully saturated rings. The molecule has 0 bridgehead atoms. The van der Waals surface area contributed by atoms with E-state index in [1.807, 2.05) is 44.3 Å². The highest BCUT2D eigenvalue weighted by atomic mass is 16.1. The average Bonchev–Trinajstić information content (AvgIpc) is 2.85. The predicted molar refractivity (Wildman–Crippen MR) is 64.9 cm³/mol. The first-order chi connectivity index (χ1) is 7.77. The van der Waals surface area contributed by atoms with Crippen LogP contribution in [0.4, 0.5) is 0 Å². The van der Waals surface area contributed by atoms with Gasteiger partial charge in [0.2, 0.25) is 0 Å². The van der Waals surface area contributed by atoms with Crippen LogP contribution >= 0.6 is 0 Å². The van der Waals surface area contributed by atoms with Crippen molar-refractivity contribution in [3.8, 4) is 5.69 Å². The summed E-state index contributed by atoms with van der Waals surface area (Å²) in [6.07, 6.45) is 3.56. The predicted octanol–water partition coefficient (Wildman–Crippen LogP) is 3.10. The number of hydrogen-bond donors (Lipinski definition) is 0. The van der Waals surface area contributed by atoms with Gasteiger partial charge in [0.15, 0.2) is 5.78 Å². The van der Waals surface area contributed by atoms with E-state index in [9.17, 15) is 4.79 Å².